The first-order valence-corrected chi connectivity index (χ1v) is 2.85. The highest BCUT2D eigenvalue weighted by Crippen LogP contribution is 1.88. The maximum absolute atomic E-state index is 10.2. The number of aromatic carboxylic acids is 1. The Morgan fingerprint density at radius 2 is 2.64 bits per heavy atom. The summed E-state index contributed by atoms with van der Waals surface area (Å²) >= 11 is 0. The van der Waals surface area contributed by atoms with E-state index in [9.17, 15) is 4.79 Å². The van der Waals surface area contributed by atoms with Crippen LogP contribution in [0.2, 0.25) is 0 Å². The van der Waals surface area contributed by atoms with E-state index >= 15 is 0 Å². The van der Waals surface area contributed by atoms with Gasteiger partial charge in [-0.05, 0) is 0 Å². The molecule has 11 heavy (non-hydrogen) atoms. The molecule has 6 nitrogen and oxygen atoms in total. The van der Waals surface area contributed by atoms with Gasteiger partial charge in [0.2, 0.25) is 0 Å². The number of hydrogen-bond acceptors (Lipinski definition) is 4. The third-order valence-corrected chi connectivity index (χ3v) is 0.989. The number of nitrogens with zero attached hydrogens (tertiary/aromatic N) is 3. The van der Waals surface area contributed by atoms with Gasteiger partial charge in [-0.15, -0.1) is 5.10 Å². The van der Waals surface area contributed by atoms with E-state index in [1.165, 1.54) is 18.1 Å². The highest BCUT2D eigenvalue weighted by Gasteiger charge is 2.07. The number of carboxylic acid groups (broad SMARTS) is 1. The summed E-state index contributed by atoms with van der Waals surface area (Å²) in [5, 5.41) is 12.0. The lowest BCUT2D eigenvalue weighted by Gasteiger charge is -1.93. The fraction of sp³-hybridized carbons (Fsp3) is 0.400. The maximum Gasteiger partial charge on any atom is 0.375 e. The smallest absolute Gasteiger partial charge is 0.375 e. The fourth-order valence-corrected chi connectivity index (χ4v) is 0.587. The molecule has 0 unspecified atom stereocenters. The number of ether oxygens (including phenoxy) is 1. The van der Waals surface area contributed by atoms with E-state index in [1.54, 1.807) is 0 Å². The average Bonchev–Trinajstić information content (AvgIpc) is 2.37. The van der Waals surface area contributed by atoms with Crippen LogP contribution >= 0.6 is 0 Å². The Kier molecular flexibility index (Phi) is 2.17. The van der Waals surface area contributed by atoms with Crippen molar-refractivity contribution < 1.29 is 14.6 Å². The summed E-state index contributed by atoms with van der Waals surface area (Å²) in [6, 6.07) is 0. The van der Waals surface area contributed by atoms with Crippen LogP contribution < -0.4 is 0 Å². The predicted octanol–water partition coefficient (Wildman–Crippen LogP) is -0.420. The van der Waals surface area contributed by atoms with Gasteiger partial charge in [0.25, 0.3) is 5.82 Å². The number of methoxy groups -OCH3 is 1. The zero-order valence-electron chi connectivity index (χ0n) is 5.89. The molecule has 60 valence electrons. The average molecular weight is 157 g/mol. The van der Waals surface area contributed by atoms with E-state index in [4.69, 9.17) is 5.11 Å². The molecule has 1 N–H and O–H groups in total. The molecule has 0 fully saturated rings. The lowest BCUT2D eigenvalue weighted by molar-refractivity contribution is 0.0679. The van der Waals surface area contributed by atoms with Crippen molar-refractivity contribution in [3.63, 3.8) is 0 Å². The first-order chi connectivity index (χ1) is 5.24. The van der Waals surface area contributed by atoms with E-state index in [0.717, 1.165) is 0 Å². The largest absolute Gasteiger partial charge is 0.475 e. The molecule has 6 heteroatoms. The number of carboxylic acids is 1. The van der Waals surface area contributed by atoms with Crippen LogP contribution in [0.3, 0.4) is 0 Å². The lowest BCUT2D eigenvalue weighted by atomic mass is 10.7. The Labute approximate surface area is 62.4 Å². The Morgan fingerprint density at radius 3 is 3.09 bits per heavy atom. The van der Waals surface area contributed by atoms with Crippen molar-refractivity contribution in [3.8, 4) is 0 Å². The Morgan fingerprint density at radius 1 is 1.91 bits per heavy atom. The van der Waals surface area contributed by atoms with Crippen LogP contribution in [-0.2, 0) is 11.5 Å². The van der Waals surface area contributed by atoms with E-state index in [-0.39, 0.29) is 12.6 Å². The van der Waals surface area contributed by atoms with Crippen molar-refractivity contribution in [2.45, 2.75) is 6.73 Å². The van der Waals surface area contributed by atoms with Gasteiger partial charge in [-0.2, -0.15) is 0 Å². The molecule has 1 rings (SSSR count). The number of carbonyl (C=O) groups is 1. The Hall–Kier alpha value is -1.43. The van der Waals surface area contributed by atoms with Crippen LogP contribution in [0.1, 0.15) is 10.6 Å². The molecular weight excluding hydrogens is 150 g/mol. The second kappa shape index (κ2) is 3.11. The second-order valence-electron chi connectivity index (χ2n) is 1.83. The molecule has 0 aliphatic rings. The van der Waals surface area contributed by atoms with Crippen LogP contribution in [0.15, 0.2) is 6.33 Å². The summed E-state index contributed by atoms with van der Waals surface area (Å²) in [6.07, 6.45) is 1.30. The quantitative estimate of drug-likeness (QED) is 0.644. The second-order valence-corrected chi connectivity index (χ2v) is 1.83. The fourth-order valence-electron chi connectivity index (χ4n) is 0.587. The van der Waals surface area contributed by atoms with Crippen LogP contribution in [0.5, 0.6) is 0 Å². The molecule has 1 heterocycles. The third-order valence-electron chi connectivity index (χ3n) is 0.989. The molecule has 0 aliphatic heterocycles. The molecule has 0 spiro atoms. The Balaban J connectivity index is 2.73. The summed E-state index contributed by atoms with van der Waals surface area (Å²) in [5.41, 5.74) is 0. The minimum absolute atomic E-state index is 0.209. The van der Waals surface area contributed by atoms with E-state index in [0.29, 0.717) is 0 Å². The van der Waals surface area contributed by atoms with Crippen LogP contribution in [-0.4, -0.2) is 33.0 Å². The first kappa shape index (κ1) is 7.67. The van der Waals surface area contributed by atoms with E-state index in [1.807, 2.05) is 0 Å². The van der Waals surface area contributed by atoms with Gasteiger partial charge in [0.15, 0.2) is 0 Å². The minimum Gasteiger partial charge on any atom is -0.475 e. The molecule has 0 saturated heterocycles. The van der Waals surface area contributed by atoms with Crippen molar-refractivity contribution in [2.75, 3.05) is 7.11 Å². The molecule has 0 bridgehead atoms. The normalized spacial score (nSPS) is 9.91. The van der Waals surface area contributed by atoms with Gasteiger partial charge in [-0.25, -0.2) is 14.5 Å². The summed E-state index contributed by atoms with van der Waals surface area (Å²) < 4.78 is 5.98. The molecule has 0 radical (unpaired) electrons. The molecule has 1 aromatic heterocycles. The number of aromatic nitrogens is 3. The van der Waals surface area contributed by atoms with Gasteiger partial charge >= 0.3 is 5.97 Å². The van der Waals surface area contributed by atoms with Crippen LogP contribution in [0.25, 0.3) is 0 Å². The Bertz CT molecular complexity index is 257. The molecule has 0 aliphatic carbocycles. The SMILES string of the molecule is COCn1cnc(C(=O)O)n1. The zero-order valence-corrected chi connectivity index (χ0v) is 5.89. The maximum atomic E-state index is 10.2. The van der Waals surface area contributed by atoms with Crippen molar-refractivity contribution in [1.82, 2.24) is 14.8 Å². The van der Waals surface area contributed by atoms with Gasteiger partial charge in [-0.3, -0.25) is 0 Å². The summed E-state index contributed by atoms with van der Waals surface area (Å²) in [7, 11) is 1.49. The highest BCUT2D eigenvalue weighted by molar-refractivity contribution is 5.82. The molecule has 0 saturated carbocycles. The van der Waals surface area contributed by atoms with Gasteiger partial charge < -0.3 is 9.84 Å². The molecule has 0 atom stereocenters. The zero-order chi connectivity index (χ0) is 8.27. The van der Waals surface area contributed by atoms with Crippen molar-refractivity contribution in [1.29, 1.82) is 0 Å². The molecule has 0 amide bonds. The van der Waals surface area contributed by atoms with Crippen molar-refractivity contribution >= 4 is 5.97 Å². The third kappa shape index (κ3) is 1.74. The standard InChI is InChI=1S/C5H7N3O3/c1-11-3-8-2-6-4(7-8)5(9)10/h2H,3H2,1H3,(H,9,10). The minimum atomic E-state index is -1.14. The van der Waals surface area contributed by atoms with E-state index in [2.05, 4.69) is 14.8 Å². The number of hydrogen-bond donors (Lipinski definition) is 1. The van der Waals surface area contributed by atoms with Gasteiger partial charge in [0, 0.05) is 7.11 Å². The topological polar surface area (TPSA) is 77.2 Å². The number of rotatable bonds is 3. The molecule has 1 aromatic rings. The first-order valence-electron chi connectivity index (χ1n) is 2.85. The van der Waals surface area contributed by atoms with Crippen molar-refractivity contribution in [3.05, 3.63) is 12.2 Å². The monoisotopic (exact) mass is 157 g/mol. The molecule has 0 aromatic carbocycles. The predicted molar refractivity (Wildman–Crippen MR) is 34.0 cm³/mol. The van der Waals surface area contributed by atoms with Crippen molar-refractivity contribution in [2.24, 2.45) is 0 Å². The molecular formula is C5H7N3O3. The highest BCUT2D eigenvalue weighted by atomic mass is 16.5. The summed E-state index contributed by atoms with van der Waals surface area (Å²) in [6.45, 7) is 0.209. The van der Waals surface area contributed by atoms with E-state index < -0.39 is 5.97 Å². The van der Waals surface area contributed by atoms with Gasteiger partial charge in [0.1, 0.15) is 13.1 Å². The summed E-state index contributed by atoms with van der Waals surface area (Å²) in [5.74, 6) is -1.36. The van der Waals surface area contributed by atoms with Crippen LogP contribution in [0.4, 0.5) is 0 Å². The lowest BCUT2D eigenvalue weighted by Crippen LogP contribution is -2.04. The summed E-state index contributed by atoms with van der Waals surface area (Å²) in [4.78, 5) is 13.7. The van der Waals surface area contributed by atoms with Gasteiger partial charge in [-0.1, -0.05) is 0 Å². The van der Waals surface area contributed by atoms with Crippen LogP contribution in [0, 0.1) is 0 Å². The van der Waals surface area contributed by atoms with Gasteiger partial charge in [0.05, 0.1) is 0 Å².